The van der Waals surface area contributed by atoms with Crippen molar-refractivity contribution in [3.8, 4) is 0 Å². The molecule has 0 aromatic carbocycles. The first kappa shape index (κ1) is 18.0. The molecule has 2 aliphatic rings. The first-order valence-corrected chi connectivity index (χ1v) is 8.69. The Labute approximate surface area is 148 Å². The van der Waals surface area contributed by atoms with E-state index in [0.29, 0.717) is 18.9 Å². The van der Waals surface area contributed by atoms with Crippen LogP contribution in [0.3, 0.4) is 0 Å². The molecule has 136 valence electrons. The standard InChI is InChI=1S/C17H26BN3O4/c1-16(2)17(3,4)25-18(24-16)13-9-12(10-20-14(13)19)11-5-7-21(8-6-11)15(22)23/h9-11H,5-8H2,1-4H3,(H2,19,20)(H,22,23). The fourth-order valence-corrected chi connectivity index (χ4v) is 3.30. The summed E-state index contributed by atoms with van der Waals surface area (Å²) in [7, 11) is -0.545. The molecular formula is C17H26BN3O4. The lowest BCUT2D eigenvalue weighted by Crippen LogP contribution is -2.41. The molecule has 0 aliphatic carbocycles. The van der Waals surface area contributed by atoms with Crippen molar-refractivity contribution in [2.45, 2.75) is 57.7 Å². The molecule has 0 radical (unpaired) electrons. The summed E-state index contributed by atoms with van der Waals surface area (Å²) in [6.45, 7) is 9.08. The quantitative estimate of drug-likeness (QED) is 0.792. The lowest BCUT2D eigenvalue weighted by Gasteiger charge is -2.32. The van der Waals surface area contributed by atoms with Crippen molar-refractivity contribution >= 4 is 24.5 Å². The summed E-state index contributed by atoms with van der Waals surface area (Å²) >= 11 is 0. The molecule has 1 aromatic rings. The maximum Gasteiger partial charge on any atom is 0.498 e. The summed E-state index contributed by atoms with van der Waals surface area (Å²) in [6, 6.07) is 2.01. The molecule has 0 atom stereocenters. The van der Waals surface area contributed by atoms with Crippen LogP contribution in [-0.2, 0) is 9.31 Å². The van der Waals surface area contributed by atoms with Crippen molar-refractivity contribution < 1.29 is 19.2 Å². The van der Waals surface area contributed by atoms with E-state index >= 15 is 0 Å². The van der Waals surface area contributed by atoms with Crippen molar-refractivity contribution in [3.05, 3.63) is 17.8 Å². The van der Waals surface area contributed by atoms with Crippen molar-refractivity contribution in [1.29, 1.82) is 0 Å². The second-order valence-corrected chi connectivity index (χ2v) is 7.88. The topological polar surface area (TPSA) is 97.9 Å². The number of hydrogen-bond acceptors (Lipinski definition) is 5. The molecule has 3 heterocycles. The molecule has 1 aromatic heterocycles. The van der Waals surface area contributed by atoms with E-state index in [-0.39, 0.29) is 5.92 Å². The van der Waals surface area contributed by atoms with E-state index in [1.165, 1.54) is 4.90 Å². The van der Waals surface area contributed by atoms with Gasteiger partial charge in [0, 0.05) is 24.7 Å². The van der Waals surface area contributed by atoms with E-state index in [1.807, 2.05) is 33.8 Å². The Morgan fingerprint density at radius 1 is 1.28 bits per heavy atom. The average Bonchev–Trinajstić information content (AvgIpc) is 2.76. The van der Waals surface area contributed by atoms with Crippen molar-refractivity contribution in [1.82, 2.24) is 9.88 Å². The van der Waals surface area contributed by atoms with Gasteiger partial charge in [0.2, 0.25) is 0 Å². The summed E-state index contributed by atoms with van der Waals surface area (Å²) < 4.78 is 12.2. The number of piperidine rings is 1. The van der Waals surface area contributed by atoms with Gasteiger partial charge in [0.05, 0.1) is 11.2 Å². The number of anilines is 1. The van der Waals surface area contributed by atoms with Crippen molar-refractivity contribution in [2.75, 3.05) is 18.8 Å². The van der Waals surface area contributed by atoms with Gasteiger partial charge < -0.3 is 25.0 Å². The zero-order valence-corrected chi connectivity index (χ0v) is 15.3. The van der Waals surface area contributed by atoms with Crippen molar-refractivity contribution in [2.24, 2.45) is 0 Å². The van der Waals surface area contributed by atoms with E-state index in [2.05, 4.69) is 4.98 Å². The van der Waals surface area contributed by atoms with E-state index in [4.69, 9.17) is 20.1 Å². The molecular weight excluding hydrogens is 321 g/mol. The SMILES string of the molecule is CC1(C)OB(c2cc(C3CCN(C(=O)O)CC3)cnc2N)OC1(C)C. The third-order valence-electron chi connectivity index (χ3n) is 5.71. The Balaban J connectivity index is 1.79. The Bertz CT molecular complexity index is 656. The Kier molecular flexibility index (Phi) is 4.45. The summed E-state index contributed by atoms with van der Waals surface area (Å²) in [6.07, 6.45) is 2.49. The molecule has 7 nitrogen and oxygen atoms in total. The van der Waals surface area contributed by atoms with Crippen LogP contribution in [0.1, 0.15) is 52.0 Å². The Morgan fingerprint density at radius 3 is 2.36 bits per heavy atom. The van der Waals surface area contributed by atoms with Gasteiger partial charge in [-0.05, 0) is 52.0 Å². The fraction of sp³-hybridized carbons (Fsp3) is 0.647. The molecule has 3 N–H and O–H groups in total. The number of hydrogen-bond donors (Lipinski definition) is 2. The number of likely N-dealkylation sites (tertiary alicyclic amines) is 1. The van der Waals surface area contributed by atoms with E-state index < -0.39 is 24.4 Å². The highest BCUT2D eigenvalue weighted by Gasteiger charge is 2.52. The molecule has 1 amide bonds. The minimum Gasteiger partial charge on any atom is -0.465 e. The monoisotopic (exact) mass is 347 g/mol. The molecule has 2 aliphatic heterocycles. The van der Waals surface area contributed by atoms with Gasteiger partial charge in [0.25, 0.3) is 0 Å². The number of carboxylic acid groups (broad SMARTS) is 1. The maximum atomic E-state index is 11.1. The lowest BCUT2D eigenvalue weighted by molar-refractivity contribution is 0.00578. The summed E-state index contributed by atoms with van der Waals surface area (Å²) in [5, 5.41) is 9.08. The van der Waals surface area contributed by atoms with E-state index in [1.54, 1.807) is 6.20 Å². The van der Waals surface area contributed by atoms with Gasteiger partial charge in [-0.25, -0.2) is 9.78 Å². The van der Waals surface area contributed by atoms with Crippen LogP contribution in [0.15, 0.2) is 12.3 Å². The largest absolute Gasteiger partial charge is 0.498 e. The predicted molar refractivity (Wildman–Crippen MR) is 95.9 cm³/mol. The minimum atomic E-state index is -0.855. The smallest absolute Gasteiger partial charge is 0.465 e. The number of amides is 1. The zero-order chi connectivity index (χ0) is 18.4. The van der Waals surface area contributed by atoms with Gasteiger partial charge in [-0.3, -0.25) is 0 Å². The number of rotatable bonds is 2. The highest BCUT2D eigenvalue weighted by atomic mass is 16.7. The summed E-state index contributed by atoms with van der Waals surface area (Å²) in [5.74, 6) is 0.676. The molecule has 0 unspecified atom stereocenters. The van der Waals surface area contributed by atoms with Gasteiger partial charge in [-0.15, -0.1) is 0 Å². The van der Waals surface area contributed by atoms with Gasteiger partial charge in [-0.2, -0.15) is 0 Å². The van der Waals surface area contributed by atoms with Crippen LogP contribution in [0, 0.1) is 0 Å². The first-order valence-electron chi connectivity index (χ1n) is 8.69. The summed E-state index contributed by atoms with van der Waals surface area (Å²) in [5.41, 5.74) is 7.01. The van der Waals surface area contributed by atoms with Crippen LogP contribution in [0.2, 0.25) is 0 Å². The number of carbonyl (C=O) groups is 1. The molecule has 0 spiro atoms. The first-order chi connectivity index (χ1) is 11.6. The molecule has 8 heteroatoms. The zero-order valence-electron chi connectivity index (χ0n) is 15.3. The molecule has 2 fully saturated rings. The summed E-state index contributed by atoms with van der Waals surface area (Å²) in [4.78, 5) is 16.8. The third-order valence-corrected chi connectivity index (χ3v) is 5.71. The van der Waals surface area contributed by atoms with Crippen LogP contribution in [0.25, 0.3) is 0 Å². The van der Waals surface area contributed by atoms with E-state index in [9.17, 15) is 4.79 Å². The third kappa shape index (κ3) is 3.33. The predicted octanol–water partition coefficient (Wildman–Crippen LogP) is 1.82. The highest BCUT2D eigenvalue weighted by molar-refractivity contribution is 6.63. The number of nitrogen functional groups attached to an aromatic ring is 1. The Morgan fingerprint density at radius 2 is 1.84 bits per heavy atom. The second kappa shape index (κ2) is 6.18. The lowest BCUT2D eigenvalue weighted by atomic mass is 9.77. The minimum absolute atomic E-state index is 0.268. The maximum absolute atomic E-state index is 11.1. The van der Waals surface area contributed by atoms with Gasteiger partial charge in [-0.1, -0.05) is 6.07 Å². The van der Waals surface area contributed by atoms with Gasteiger partial charge in [0.15, 0.2) is 0 Å². The fourth-order valence-electron chi connectivity index (χ4n) is 3.30. The van der Waals surface area contributed by atoms with Crippen molar-refractivity contribution in [3.63, 3.8) is 0 Å². The number of nitrogens with two attached hydrogens (primary N) is 1. The molecule has 25 heavy (non-hydrogen) atoms. The van der Waals surface area contributed by atoms with Crippen LogP contribution >= 0.6 is 0 Å². The normalized spacial score (nSPS) is 23.0. The van der Waals surface area contributed by atoms with Crippen LogP contribution in [0.5, 0.6) is 0 Å². The Hall–Kier alpha value is -1.80. The van der Waals surface area contributed by atoms with Crippen LogP contribution in [0.4, 0.5) is 10.6 Å². The number of nitrogens with zero attached hydrogens (tertiary/aromatic N) is 2. The van der Waals surface area contributed by atoms with Gasteiger partial charge >= 0.3 is 13.2 Å². The average molecular weight is 347 g/mol. The van der Waals surface area contributed by atoms with Crippen LogP contribution in [-0.4, -0.2) is 52.5 Å². The number of aromatic nitrogens is 1. The molecule has 2 saturated heterocycles. The van der Waals surface area contributed by atoms with Crippen LogP contribution < -0.4 is 11.2 Å². The highest BCUT2D eigenvalue weighted by Crippen LogP contribution is 2.37. The molecule has 3 rings (SSSR count). The molecule has 0 saturated carbocycles. The molecule has 0 bridgehead atoms. The van der Waals surface area contributed by atoms with E-state index in [0.717, 1.165) is 23.9 Å². The van der Waals surface area contributed by atoms with Gasteiger partial charge in [0.1, 0.15) is 5.82 Å². The number of pyridine rings is 1. The second-order valence-electron chi connectivity index (χ2n) is 7.88.